The standard InChI is InChI=1S/C19H24N6O/c26-18(13-25-23-19(22-24-25)15-7-2-1-3-8-15)21-20-17-11-10-14-6-4-5-9-16(14)12-17/h1-3,7-8,14,16H,4-6,9-13H2,(H,21,26)/b20-17-/t14-,16+/m0/s1. The van der Waals surface area contributed by atoms with Crippen LogP contribution in [0, 0.1) is 11.8 Å². The molecule has 2 aromatic rings. The number of carbonyl (C=O) groups excluding carboxylic acids is 1. The van der Waals surface area contributed by atoms with Gasteiger partial charge in [0.2, 0.25) is 5.82 Å². The zero-order chi connectivity index (χ0) is 17.8. The highest BCUT2D eigenvalue weighted by Crippen LogP contribution is 2.39. The monoisotopic (exact) mass is 352 g/mol. The maximum absolute atomic E-state index is 12.1. The van der Waals surface area contributed by atoms with Gasteiger partial charge in [0.15, 0.2) is 0 Å². The predicted octanol–water partition coefficient (Wildman–Crippen LogP) is 2.80. The summed E-state index contributed by atoms with van der Waals surface area (Å²) in [5.41, 5.74) is 4.67. The van der Waals surface area contributed by atoms with E-state index in [0.29, 0.717) is 5.82 Å². The minimum absolute atomic E-state index is 0.0165. The van der Waals surface area contributed by atoms with Crippen molar-refractivity contribution in [3.05, 3.63) is 30.3 Å². The van der Waals surface area contributed by atoms with Crippen molar-refractivity contribution in [3.8, 4) is 11.4 Å². The van der Waals surface area contributed by atoms with E-state index in [0.717, 1.165) is 36.0 Å². The van der Waals surface area contributed by atoms with E-state index in [2.05, 4.69) is 25.9 Å². The summed E-state index contributed by atoms with van der Waals surface area (Å²) in [6.07, 6.45) is 8.63. The second-order valence-corrected chi connectivity index (χ2v) is 7.27. The summed E-state index contributed by atoms with van der Waals surface area (Å²) in [7, 11) is 0. The molecule has 1 N–H and O–H groups in total. The van der Waals surface area contributed by atoms with E-state index < -0.39 is 0 Å². The molecule has 0 unspecified atom stereocenters. The van der Waals surface area contributed by atoms with Crippen LogP contribution in [0.5, 0.6) is 0 Å². The van der Waals surface area contributed by atoms with Gasteiger partial charge in [-0.25, -0.2) is 5.43 Å². The molecule has 1 heterocycles. The highest BCUT2D eigenvalue weighted by atomic mass is 16.2. The van der Waals surface area contributed by atoms with Crippen LogP contribution in [-0.2, 0) is 11.3 Å². The first-order valence-corrected chi connectivity index (χ1v) is 9.45. The van der Waals surface area contributed by atoms with Gasteiger partial charge in [-0.15, -0.1) is 10.2 Å². The molecule has 2 saturated carbocycles. The Morgan fingerprint density at radius 1 is 1.15 bits per heavy atom. The summed E-state index contributed by atoms with van der Waals surface area (Å²) in [6, 6.07) is 9.59. The lowest BCUT2D eigenvalue weighted by Gasteiger charge is -2.35. The number of benzene rings is 1. The third-order valence-corrected chi connectivity index (χ3v) is 5.48. The van der Waals surface area contributed by atoms with Gasteiger partial charge in [-0.3, -0.25) is 4.79 Å². The summed E-state index contributed by atoms with van der Waals surface area (Å²) >= 11 is 0. The van der Waals surface area contributed by atoms with Crippen molar-refractivity contribution in [3.63, 3.8) is 0 Å². The van der Waals surface area contributed by atoms with Gasteiger partial charge in [-0.05, 0) is 42.7 Å². The Morgan fingerprint density at radius 2 is 1.96 bits per heavy atom. The fourth-order valence-corrected chi connectivity index (χ4v) is 4.11. The molecule has 0 saturated heterocycles. The minimum atomic E-state index is -0.222. The quantitative estimate of drug-likeness (QED) is 0.858. The normalized spacial score (nSPS) is 24.2. The first-order valence-electron chi connectivity index (χ1n) is 9.45. The maximum atomic E-state index is 12.1. The second kappa shape index (κ2) is 7.76. The molecule has 0 bridgehead atoms. The van der Waals surface area contributed by atoms with Crippen LogP contribution in [0.2, 0.25) is 0 Å². The second-order valence-electron chi connectivity index (χ2n) is 7.27. The number of amides is 1. The lowest BCUT2D eigenvalue weighted by atomic mass is 9.70. The number of hydrogen-bond acceptors (Lipinski definition) is 5. The molecule has 1 amide bonds. The van der Waals surface area contributed by atoms with Gasteiger partial charge in [0.05, 0.1) is 0 Å². The van der Waals surface area contributed by atoms with Crippen molar-refractivity contribution < 1.29 is 4.79 Å². The molecule has 2 fully saturated rings. The van der Waals surface area contributed by atoms with Crippen LogP contribution in [0.4, 0.5) is 0 Å². The zero-order valence-electron chi connectivity index (χ0n) is 14.8. The summed E-state index contributed by atoms with van der Waals surface area (Å²) < 4.78 is 0. The zero-order valence-corrected chi connectivity index (χ0v) is 14.8. The van der Waals surface area contributed by atoms with E-state index in [4.69, 9.17) is 0 Å². The minimum Gasteiger partial charge on any atom is -0.271 e. The van der Waals surface area contributed by atoms with Crippen LogP contribution in [0.3, 0.4) is 0 Å². The van der Waals surface area contributed by atoms with Crippen LogP contribution >= 0.6 is 0 Å². The molecule has 136 valence electrons. The Hall–Kier alpha value is -2.57. The summed E-state index contributed by atoms with van der Waals surface area (Å²) in [5, 5.41) is 16.6. The maximum Gasteiger partial charge on any atom is 0.263 e. The fourth-order valence-electron chi connectivity index (χ4n) is 4.11. The van der Waals surface area contributed by atoms with Crippen molar-refractivity contribution in [1.29, 1.82) is 0 Å². The van der Waals surface area contributed by atoms with E-state index in [1.807, 2.05) is 30.3 Å². The number of hydrogen-bond donors (Lipinski definition) is 1. The van der Waals surface area contributed by atoms with Crippen LogP contribution in [0.25, 0.3) is 11.4 Å². The number of fused-ring (bicyclic) bond motifs is 1. The molecule has 0 aliphatic heterocycles. The first-order chi connectivity index (χ1) is 12.8. The Balaban J connectivity index is 1.31. The number of tetrazole rings is 1. The highest BCUT2D eigenvalue weighted by Gasteiger charge is 2.30. The molecule has 4 rings (SSSR count). The third kappa shape index (κ3) is 3.98. The lowest BCUT2D eigenvalue weighted by Crippen LogP contribution is -2.30. The number of nitrogens with zero attached hydrogens (tertiary/aromatic N) is 5. The number of nitrogens with one attached hydrogen (secondary N) is 1. The largest absolute Gasteiger partial charge is 0.271 e. The van der Waals surface area contributed by atoms with Crippen molar-refractivity contribution in [1.82, 2.24) is 25.6 Å². The molecule has 0 radical (unpaired) electrons. The SMILES string of the molecule is O=C(Cn1nnc(-c2ccccc2)n1)N/N=C1/CC[C@@H]2CCCC[C@@H]2C1. The molecule has 1 aromatic heterocycles. The fraction of sp³-hybridized carbons (Fsp3) is 0.526. The van der Waals surface area contributed by atoms with Gasteiger partial charge in [-0.1, -0.05) is 49.6 Å². The Labute approximate surface area is 152 Å². The molecule has 2 aliphatic carbocycles. The molecule has 0 spiro atoms. The van der Waals surface area contributed by atoms with Gasteiger partial charge in [0.1, 0.15) is 6.54 Å². The molecular formula is C19H24N6O. The average Bonchev–Trinajstić information content (AvgIpc) is 3.15. The van der Waals surface area contributed by atoms with Gasteiger partial charge in [-0.2, -0.15) is 9.90 Å². The number of rotatable bonds is 4. The molecule has 26 heavy (non-hydrogen) atoms. The van der Waals surface area contributed by atoms with E-state index >= 15 is 0 Å². The molecule has 2 atom stereocenters. The van der Waals surface area contributed by atoms with Crippen molar-refractivity contribution in [2.75, 3.05) is 0 Å². The molecule has 7 nitrogen and oxygen atoms in total. The summed E-state index contributed by atoms with van der Waals surface area (Å²) in [4.78, 5) is 13.4. The lowest BCUT2D eigenvalue weighted by molar-refractivity contribution is -0.122. The van der Waals surface area contributed by atoms with Crippen molar-refractivity contribution in [2.45, 2.75) is 51.5 Å². The Kier molecular flexibility index (Phi) is 5.04. The topological polar surface area (TPSA) is 85.1 Å². The van der Waals surface area contributed by atoms with Gasteiger partial charge < -0.3 is 0 Å². The highest BCUT2D eigenvalue weighted by molar-refractivity contribution is 5.87. The third-order valence-electron chi connectivity index (χ3n) is 5.48. The molecule has 2 aliphatic rings. The predicted molar refractivity (Wildman–Crippen MR) is 98.1 cm³/mol. The van der Waals surface area contributed by atoms with Gasteiger partial charge >= 0.3 is 0 Å². The first kappa shape index (κ1) is 16.9. The average molecular weight is 352 g/mol. The van der Waals surface area contributed by atoms with Crippen LogP contribution in [0.15, 0.2) is 35.4 Å². The van der Waals surface area contributed by atoms with E-state index in [1.165, 1.54) is 36.9 Å². The molecule has 1 aromatic carbocycles. The van der Waals surface area contributed by atoms with Gasteiger partial charge in [0.25, 0.3) is 5.91 Å². The van der Waals surface area contributed by atoms with Crippen LogP contribution in [0.1, 0.15) is 44.9 Å². The molecular weight excluding hydrogens is 328 g/mol. The number of hydrazone groups is 1. The van der Waals surface area contributed by atoms with Crippen LogP contribution < -0.4 is 5.43 Å². The van der Waals surface area contributed by atoms with E-state index in [9.17, 15) is 4.79 Å². The molecule has 7 heteroatoms. The number of aromatic nitrogens is 4. The summed E-state index contributed by atoms with van der Waals surface area (Å²) in [6.45, 7) is 0.0165. The van der Waals surface area contributed by atoms with E-state index in [-0.39, 0.29) is 12.5 Å². The van der Waals surface area contributed by atoms with Crippen molar-refractivity contribution >= 4 is 11.6 Å². The van der Waals surface area contributed by atoms with E-state index in [1.54, 1.807) is 0 Å². The van der Waals surface area contributed by atoms with Crippen LogP contribution in [-0.4, -0.2) is 31.8 Å². The Bertz CT molecular complexity index is 784. The Morgan fingerprint density at radius 3 is 2.81 bits per heavy atom. The smallest absolute Gasteiger partial charge is 0.263 e. The van der Waals surface area contributed by atoms with Crippen molar-refractivity contribution in [2.24, 2.45) is 16.9 Å². The summed E-state index contributed by atoms with van der Waals surface area (Å²) in [5.74, 6) is 1.92. The van der Waals surface area contributed by atoms with Gasteiger partial charge in [0, 0.05) is 11.3 Å². The number of carbonyl (C=O) groups is 1.